The fourth-order valence-electron chi connectivity index (χ4n) is 6.35. The summed E-state index contributed by atoms with van der Waals surface area (Å²) in [5, 5.41) is 18.4. The van der Waals surface area contributed by atoms with E-state index in [0.717, 1.165) is 11.1 Å². The second-order valence-electron chi connectivity index (χ2n) is 12.6. The quantitative estimate of drug-likeness (QED) is 0.301. The summed E-state index contributed by atoms with van der Waals surface area (Å²) in [5.41, 5.74) is 1.27. The number of hydrogen-bond acceptors (Lipinski definition) is 7. The largest absolute Gasteiger partial charge is 0.491 e. The number of fused-ring (bicyclic) bond motifs is 1. The van der Waals surface area contributed by atoms with Crippen LogP contribution >= 0.6 is 0 Å². The number of carbonyl (C=O) groups excluding carboxylic acids is 4. The molecule has 0 aliphatic carbocycles. The van der Waals surface area contributed by atoms with Gasteiger partial charge in [-0.1, -0.05) is 54.6 Å². The summed E-state index contributed by atoms with van der Waals surface area (Å²) >= 11 is 0. The Hall–Kier alpha value is -4.81. The van der Waals surface area contributed by atoms with Crippen LogP contribution in [0.5, 0.6) is 5.75 Å². The van der Waals surface area contributed by atoms with Gasteiger partial charge < -0.3 is 35.4 Å². The molecule has 4 N–H and O–H groups in total. The summed E-state index contributed by atoms with van der Waals surface area (Å²) in [4.78, 5) is 55.6. The van der Waals surface area contributed by atoms with E-state index in [1.165, 1.54) is 17.0 Å². The summed E-state index contributed by atoms with van der Waals surface area (Å²) in [6.45, 7) is 0.408. The zero-order chi connectivity index (χ0) is 34.8. The summed E-state index contributed by atoms with van der Waals surface area (Å²) in [5.74, 6) is -2.30. The molecule has 0 radical (unpaired) electrons. The maximum Gasteiger partial charge on any atom is 0.255 e. The van der Waals surface area contributed by atoms with E-state index in [4.69, 9.17) is 9.47 Å². The Morgan fingerprint density at radius 2 is 1.73 bits per heavy atom. The molecule has 11 nitrogen and oxygen atoms in total. The Labute approximate surface area is 285 Å². The molecule has 2 aliphatic rings. The van der Waals surface area contributed by atoms with Crippen molar-refractivity contribution in [2.75, 3.05) is 40.0 Å². The van der Waals surface area contributed by atoms with Crippen LogP contribution in [-0.4, -0.2) is 91.8 Å². The minimum Gasteiger partial charge on any atom is -0.491 e. The number of para-hydroxylation sites is 1. The standard InChI is InChI=1S/C37H43FN4O7/c1-42-28(20-25-8-3-2-4-9-25)23-49-32-13-6-5-12-29(32)34(45)41-30(14-15-33(44)40-31(22-43)36(42)47)35(46)39-24-37(16-18-48-19-17-37)26-10-7-11-27(38)21-26/h2-13,21,28,30-31,43H,14-20,22-24H2,1H3,(H,39,46)(H,40,44)(H,41,45)/t28-,30+,31+/m1/s1. The molecule has 0 aromatic heterocycles. The Kier molecular flexibility index (Phi) is 12.0. The molecule has 0 saturated carbocycles. The first-order valence-corrected chi connectivity index (χ1v) is 16.5. The van der Waals surface area contributed by atoms with E-state index in [9.17, 15) is 28.7 Å². The normalized spacial score (nSPS) is 22.0. The average molecular weight is 675 g/mol. The molecule has 0 bridgehead atoms. The highest BCUT2D eigenvalue weighted by Gasteiger charge is 2.36. The van der Waals surface area contributed by atoms with E-state index in [1.54, 1.807) is 37.4 Å². The molecule has 49 heavy (non-hydrogen) atoms. The third-order valence-electron chi connectivity index (χ3n) is 9.36. The zero-order valence-corrected chi connectivity index (χ0v) is 27.5. The summed E-state index contributed by atoms with van der Waals surface area (Å²) in [7, 11) is 1.58. The van der Waals surface area contributed by atoms with E-state index in [-0.39, 0.29) is 43.1 Å². The van der Waals surface area contributed by atoms with Crippen molar-refractivity contribution in [1.82, 2.24) is 20.9 Å². The fourth-order valence-corrected chi connectivity index (χ4v) is 6.35. The first-order valence-electron chi connectivity index (χ1n) is 16.5. The van der Waals surface area contributed by atoms with Crippen molar-refractivity contribution in [3.05, 3.63) is 101 Å². The van der Waals surface area contributed by atoms with Gasteiger partial charge in [-0.25, -0.2) is 4.39 Å². The molecule has 4 amide bonds. The maximum absolute atomic E-state index is 14.2. The molecule has 2 aliphatic heterocycles. The fraction of sp³-hybridized carbons (Fsp3) is 0.405. The van der Waals surface area contributed by atoms with Crippen LogP contribution in [0.3, 0.4) is 0 Å². The summed E-state index contributed by atoms with van der Waals surface area (Å²) in [6.07, 6.45) is 1.20. The number of aliphatic hydroxyl groups excluding tert-OH is 1. The van der Waals surface area contributed by atoms with Crippen molar-refractivity contribution in [3.8, 4) is 5.75 Å². The van der Waals surface area contributed by atoms with Crippen LogP contribution in [0.4, 0.5) is 4.39 Å². The number of carbonyl (C=O) groups is 4. The molecule has 3 aromatic carbocycles. The van der Waals surface area contributed by atoms with Gasteiger partial charge in [0.15, 0.2) is 0 Å². The minimum absolute atomic E-state index is 0.00329. The van der Waals surface area contributed by atoms with Crippen LogP contribution in [0.1, 0.15) is 47.2 Å². The SMILES string of the molecule is CN1C(=O)[C@H](CO)NC(=O)CC[C@@H](C(=O)NCC2(c3cccc(F)c3)CCOCC2)NC(=O)c2ccccc2OC[C@H]1Cc1ccccc1. The molecule has 3 atom stereocenters. The van der Waals surface area contributed by atoms with Crippen LogP contribution in [0, 0.1) is 5.82 Å². The van der Waals surface area contributed by atoms with Crippen LogP contribution in [0.25, 0.3) is 0 Å². The van der Waals surface area contributed by atoms with Gasteiger partial charge in [0.05, 0.1) is 18.2 Å². The van der Waals surface area contributed by atoms with Crippen molar-refractivity contribution in [2.45, 2.75) is 55.6 Å². The van der Waals surface area contributed by atoms with Gasteiger partial charge in [-0.15, -0.1) is 0 Å². The molecule has 1 fully saturated rings. The first kappa shape index (κ1) is 35.5. The lowest BCUT2D eigenvalue weighted by Crippen LogP contribution is -2.54. The number of benzene rings is 3. The molecular formula is C37H43FN4O7. The summed E-state index contributed by atoms with van der Waals surface area (Å²) < 4.78 is 26.0. The number of halogens is 1. The number of hydrogen-bond donors (Lipinski definition) is 4. The highest BCUT2D eigenvalue weighted by molar-refractivity contribution is 6.00. The molecule has 5 rings (SSSR count). The lowest BCUT2D eigenvalue weighted by Gasteiger charge is -2.38. The van der Waals surface area contributed by atoms with Gasteiger partial charge in [0.1, 0.15) is 30.3 Å². The van der Waals surface area contributed by atoms with Gasteiger partial charge in [0, 0.05) is 38.6 Å². The molecule has 0 unspecified atom stereocenters. The number of nitrogens with one attached hydrogen (secondary N) is 3. The molecule has 3 aromatic rings. The van der Waals surface area contributed by atoms with Gasteiger partial charge in [-0.3, -0.25) is 19.2 Å². The molecule has 12 heteroatoms. The number of nitrogens with zero attached hydrogens (tertiary/aromatic N) is 1. The Balaban J connectivity index is 1.40. The van der Waals surface area contributed by atoms with Gasteiger partial charge in [-0.05, 0) is 61.1 Å². The second kappa shape index (κ2) is 16.5. The number of ether oxygens (including phenoxy) is 2. The van der Waals surface area contributed by atoms with Gasteiger partial charge >= 0.3 is 0 Å². The lowest BCUT2D eigenvalue weighted by molar-refractivity contribution is -0.139. The van der Waals surface area contributed by atoms with Crippen LogP contribution in [-0.2, 0) is 31.0 Å². The van der Waals surface area contributed by atoms with Crippen LogP contribution in [0.15, 0.2) is 78.9 Å². The number of likely N-dealkylation sites (N-methyl/N-ethyl adjacent to an activating group) is 1. The predicted octanol–water partition coefficient (Wildman–Crippen LogP) is 2.51. The third-order valence-corrected chi connectivity index (χ3v) is 9.36. The van der Waals surface area contributed by atoms with Crippen molar-refractivity contribution in [3.63, 3.8) is 0 Å². The average Bonchev–Trinajstić information content (AvgIpc) is 3.13. The Bertz CT molecular complexity index is 1620. The van der Waals surface area contributed by atoms with E-state index < -0.39 is 53.8 Å². The topological polar surface area (TPSA) is 146 Å². The molecular weight excluding hydrogens is 631 g/mol. The Morgan fingerprint density at radius 1 is 1.00 bits per heavy atom. The van der Waals surface area contributed by atoms with Crippen LogP contribution in [0.2, 0.25) is 0 Å². The van der Waals surface area contributed by atoms with E-state index in [0.29, 0.717) is 32.5 Å². The van der Waals surface area contributed by atoms with E-state index in [1.807, 2.05) is 36.4 Å². The first-order chi connectivity index (χ1) is 23.7. The zero-order valence-electron chi connectivity index (χ0n) is 27.5. The minimum atomic E-state index is -1.23. The van der Waals surface area contributed by atoms with Gasteiger partial charge in [0.2, 0.25) is 17.7 Å². The predicted molar refractivity (Wildman–Crippen MR) is 179 cm³/mol. The lowest BCUT2D eigenvalue weighted by atomic mass is 9.74. The molecule has 1 saturated heterocycles. The van der Waals surface area contributed by atoms with E-state index >= 15 is 0 Å². The number of aliphatic hydroxyl groups is 1. The maximum atomic E-state index is 14.2. The number of rotatable bonds is 7. The Morgan fingerprint density at radius 3 is 2.47 bits per heavy atom. The second-order valence-corrected chi connectivity index (χ2v) is 12.6. The van der Waals surface area contributed by atoms with Crippen molar-refractivity contribution >= 4 is 23.6 Å². The molecule has 2 heterocycles. The smallest absolute Gasteiger partial charge is 0.255 e. The highest BCUT2D eigenvalue weighted by Crippen LogP contribution is 2.34. The van der Waals surface area contributed by atoms with Crippen molar-refractivity contribution in [1.29, 1.82) is 0 Å². The highest BCUT2D eigenvalue weighted by atomic mass is 19.1. The molecule has 260 valence electrons. The van der Waals surface area contributed by atoms with Crippen molar-refractivity contribution < 1.29 is 38.1 Å². The molecule has 0 spiro atoms. The van der Waals surface area contributed by atoms with E-state index in [2.05, 4.69) is 16.0 Å². The van der Waals surface area contributed by atoms with Gasteiger partial charge in [-0.2, -0.15) is 0 Å². The van der Waals surface area contributed by atoms with Crippen molar-refractivity contribution in [2.24, 2.45) is 0 Å². The monoisotopic (exact) mass is 674 g/mol. The van der Waals surface area contributed by atoms with Gasteiger partial charge in [0.25, 0.3) is 5.91 Å². The third kappa shape index (κ3) is 9.01. The van der Waals surface area contributed by atoms with Crippen LogP contribution < -0.4 is 20.7 Å². The number of amides is 4. The summed E-state index contributed by atoms with van der Waals surface area (Å²) in [6, 6.07) is 19.5.